The number of hydrogen-bond donors (Lipinski definition) is 1. The van der Waals surface area contributed by atoms with Crippen molar-refractivity contribution in [2.45, 2.75) is 18.2 Å². The number of aryl methyl sites for hydroxylation is 1. The maximum Gasteiger partial charge on any atom is 0.0622 e. The lowest BCUT2D eigenvalue weighted by Gasteiger charge is -2.19. The minimum Gasteiger partial charge on any atom is -0.383 e. The Morgan fingerprint density at radius 2 is 2.38 bits per heavy atom. The first-order valence-corrected chi connectivity index (χ1v) is 5.89. The quantitative estimate of drug-likeness (QED) is 0.740. The number of fused-ring (bicyclic) bond motifs is 1. The first-order valence-electron chi connectivity index (χ1n) is 4.57. The molecule has 0 radical (unpaired) electrons. The maximum absolute atomic E-state index is 11.6. The van der Waals surface area contributed by atoms with Crippen LogP contribution >= 0.6 is 0 Å². The molecule has 0 fully saturated rings. The Hall–Kier alpha value is -0.830. The SMILES string of the molecule is CCc1cccc2c1NCCS2=O. The van der Waals surface area contributed by atoms with Crippen LogP contribution in [-0.4, -0.2) is 16.5 Å². The molecule has 3 heteroatoms. The highest BCUT2D eigenvalue weighted by Gasteiger charge is 2.16. The zero-order valence-electron chi connectivity index (χ0n) is 7.67. The number of rotatable bonds is 1. The van der Waals surface area contributed by atoms with Crippen LogP contribution in [0, 0.1) is 0 Å². The fourth-order valence-electron chi connectivity index (χ4n) is 1.64. The minimum absolute atomic E-state index is 0.736. The Morgan fingerprint density at radius 1 is 1.54 bits per heavy atom. The van der Waals surface area contributed by atoms with Crippen LogP contribution in [-0.2, 0) is 17.2 Å². The molecule has 1 aromatic carbocycles. The minimum atomic E-state index is -0.790. The first-order chi connectivity index (χ1) is 6.33. The lowest BCUT2D eigenvalue weighted by atomic mass is 10.1. The highest BCUT2D eigenvalue weighted by atomic mass is 32.2. The molecule has 1 atom stereocenters. The largest absolute Gasteiger partial charge is 0.383 e. The number of hydrogen-bond acceptors (Lipinski definition) is 2. The second-order valence-electron chi connectivity index (χ2n) is 3.12. The van der Waals surface area contributed by atoms with Crippen molar-refractivity contribution in [3.63, 3.8) is 0 Å². The summed E-state index contributed by atoms with van der Waals surface area (Å²) in [6.45, 7) is 2.95. The van der Waals surface area contributed by atoms with Crippen LogP contribution in [0.25, 0.3) is 0 Å². The lowest BCUT2D eigenvalue weighted by molar-refractivity contribution is 0.681. The number of para-hydroxylation sites is 1. The number of nitrogens with one attached hydrogen (secondary N) is 1. The van der Waals surface area contributed by atoms with Gasteiger partial charge in [-0.1, -0.05) is 19.1 Å². The number of benzene rings is 1. The van der Waals surface area contributed by atoms with Crippen molar-refractivity contribution in [3.05, 3.63) is 23.8 Å². The summed E-state index contributed by atoms with van der Waals surface area (Å²) >= 11 is 0. The molecule has 0 aromatic heterocycles. The highest BCUT2D eigenvalue weighted by Crippen LogP contribution is 2.27. The van der Waals surface area contributed by atoms with E-state index in [2.05, 4.69) is 18.3 Å². The third-order valence-corrected chi connectivity index (χ3v) is 3.73. The standard InChI is InChI=1S/C10H13NOS/c1-2-8-4-3-5-9-10(8)11-6-7-13(9)12/h3-5,11H,2,6-7H2,1H3. The predicted octanol–water partition coefficient (Wildman–Crippen LogP) is 1.78. The Balaban J connectivity index is 2.54. The molecule has 0 aliphatic carbocycles. The van der Waals surface area contributed by atoms with E-state index >= 15 is 0 Å². The van der Waals surface area contributed by atoms with Crippen LogP contribution in [0.2, 0.25) is 0 Å². The molecular formula is C10H13NOS. The van der Waals surface area contributed by atoms with Gasteiger partial charge in [0.25, 0.3) is 0 Å². The fraction of sp³-hybridized carbons (Fsp3) is 0.400. The van der Waals surface area contributed by atoms with E-state index in [1.165, 1.54) is 5.56 Å². The van der Waals surface area contributed by atoms with Gasteiger partial charge in [0, 0.05) is 12.3 Å². The topological polar surface area (TPSA) is 29.1 Å². The molecule has 1 aliphatic rings. The van der Waals surface area contributed by atoms with E-state index in [-0.39, 0.29) is 0 Å². The van der Waals surface area contributed by atoms with Gasteiger partial charge in [-0.2, -0.15) is 0 Å². The molecule has 1 N–H and O–H groups in total. The molecule has 13 heavy (non-hydrogen) atoms. The van der Waals surface area contributed by atoms with Gasteiger partial charge in [-0.05, 0) is 18.1 Å². The zero-order valence-corrected chi connectivity index (χ0v) is 8.49. The van der Waals surface area contributed by atoms with E-state index in [4.69, 9.17) is 0 Å². The van der Waals surface area contributed by atoms with Gasteiger partial charge in [0.1, 0.15) is 0 Å². The van der Waals surface area contributed by atoms with Crippen molar-refractivity contribution in [1.29, 1.82) is 0 Å². The maximum atomic E-state index is 11.6. The molecule has 2 nitrogen and oxygen atoms in total. The lowest BCUT2D eigenvalue weighted by Crippen LogP contribution is -2.19. The molecule has 70 valence electrons. The van der Waals surface area contributed by atoms with Crippen LogP contribution in [0.1, 0.15) is 12.5 Å². The third kappa shape index (κ3) is 1.48. The molecule has 1 heterocycles. The Morgan fingerprint density at radius 3 is 3.15 bits per heavy atom. The Bertz CT molecular complexity index is 349. The van der Waals surface area contributed by atoms with Gasteiger partial charge in [0.05, 0.1) is 21.4 Å². The van der Waals surface area contributed by atoms with E-state index in [1.807, 2.05) is 12.1 Å². The summed E-state index contributed by atoms with van der Waals surface area (Å²) in [5, 5.41) is 3.32. The van der Waals surface area contributed by atoms with E-state index in [0.29, 0.717) is 0 Å². The van der Waals surface area contributed by atoms with Gasteiger partial charge in [-0.15, -0.1) is 0 Å². The molecule has 2 rings (SSSR count). The first kappa shape index (κ1) is 8.75. The van der Waals surface area contributed by atoms with Crippen molar-refractivity contribution in [1.82, 2.24) is 0 Å². The summed E-state index contributed by atoms with van der Waals surface area (Å²) < 4.78 is 11.6. The van der Waals surface area contributed by atoms with Gasteiger partial charge in [0.2, 0.25) is 0 Å². The average Bonchev–Trinajstić information content (AvgIpc) is 2.18. The van der Waals surface area contributed by atoms with Crippen molar-refractivity contribution < 1.29 is 4.21 Å². The summed E-state index contributed by atoms with van der Waals surface area (Å²) in [5.41, 5.74) is 2.38. The van der Waals surface area contributed by atoms with Crippen LogP contribution in [0.5, 0.6) is 0 Å². The second kappa shape index (κ2) is 3.50. The Labute approximate surface area is 80.8 Å². The zero-order chi connectivity index (χ0) is 9.26. The smallest absolute Gasteiger partial charge is 0.0622 e. The van der Waals surface area contributed by atoms with Crippen molar-refractivity contribution in [3.8, 4) is 0 Å². The fourth-order valence-corrected chi connectivity index (χ4v) is 2.81. The normalized spacial score (nSPS) is 20.5. The second-order valence-corrected chi connectivity index (χ2v) is 4.66. The van der Waals surface area contributed by atoms with E-state index in [9.17, 15) is 4.21 Å². The average molecular weight is 195 g/mol. The summed E-state index contributed by atoms with van der Waals surface area (Å²) in [4.78, 5) is 0.977. The highest BCUT2D eigenvalue weighted by molar-refractivity contribution is 7.85. The van der Waals surface area contributed by atoms with Gasteiger partial charge in [-0.25, -0.2) is 0 Å². The van der Waals surface area contributed by atoms with E-state index in [0.717, 1.165) is 29.3 Å². The van der Waals surface area contributed by atoms with E-state index < -0.39 is 10.8 Å². The Kier molecular flexibility index (Phi) is 2.36. The van der Waals surface area contributed by atoms with E-state index in [1.54, 1.807) is 0 Å². The molecule has 0 bridgehead atoms. The van der Waals surface area contributed by atoms with Gasteiger partial charge < -0.3 is 5.32 Å². The van der Waals surface area contributed by atoms with Crippen molar-refractivity contribution in [2.75, 3.05) is 17.6 Å². The summed E-state index contributed by atoms with van der Waals surface area (Å²) in [5.74, 6) is 0.736. The molecule has 0 saturated heterocycles. The van der Waals surface area contributed by atoms with Crippen LogP contribution in [0.3, 0.4) is 0 Å². The predicted molar refractivity (Wildman–Crippen MR) is 55.6 cm³/mol. The summed E-state index contributed by atoms with van der Waals surface area (Å²) in [7, 11) is -0.790. The van der Waals surface area contributed by atoms with Crippen LogP contribution < -0.4 is 5.32 Å². The molecular weight excluding hydrogens is 182 g/mol. The number of anilines is 1. The van der Waals surface area contributed by atoms with Gasteiger partial charge in [0.15, 0.2) is 0 Å². The molecule has 0 spiro atoms. The van der Waals surface area contributed by atoms with Crippen LogP contribution in [0.15, 0.2) is 23.1 Å². The summed E-state index contributed by atoms with van der Waals surface area (Å²) in [6.07, 6.45) is 0.993. The van der Waals surface area contributed by atoms with Gasteiger partial charge >= 0.3 is 0 Å². The van der Waals surface area contributed by atoms with Crippen molar-refractivity contribution >= 4 is 16.5 Å². The molecule has 0 amide bonds. The molecule has 1 aliphatic heterocycles. The monoisotopic (exact) mass is 195 g/mol. The molecule has 0 saturated carbocycles. The third-order valence-electron chi connectivity index (χ3n) is 2.33. The summed E-state index contributed by atoms with van der Waals surface area (Å²) in [6, 6.07) is 6.04. The molecule has 1 unspecified atom stereocenters. The van der Waals surface area contributed by atoms with Crippen molar-refractivity contribution in [2.24, 2.45) is 0 Å². The molecule has 1 aromatic rings. The van der Waals surface area contributed by atoms with Gasteiger partial charge in [-0.3, -0.25) is 4.21 Å². The van der Waals surface area contributed by atoms with Crippen LogP contribution in [0.4, 0.5) is 5.69 Å².